The number of amides is 1. The van der Waals surface area contributed by atoms with Crippen LogP contribution in [-0.4, -0.2) is 24.8 Å². The van der Waals surface area contributed by atoms with E-state index in [9.17, 15) is 9.59 Å². The van der Waals surface area contributed by atoms with Gasteiger partial charge in [-0.3, -0.25) is 5.32 Å². The van der Waals surface area contributed by atoms with Crippen molar-refractivity contribution in [2.24, 2.45) is 0 Å². The van der Waals surface area contributed by atoms with E-state index in [1.54, 1.807) is 33.8 Å². The number of anilines is 1. The molecule has 1 aromatic rings. The summed E-state index contributed by atoms with van der Waals surface area (Å²) in [5.74, 6) is 1.96. The average molecular weight is 289 g/mol. The molecule has 5 nitrogen and oxygen atoms in total. The van der Waals surface area contributed by atoms with Crippen LogP contribution in [0, 0.1) is 19.3 Å². The zero-order chi connectivity index (χ0) is 16.2. The van der Waals surface area contributed by atoms with E-state index in [0.717, 1.165) is 0 Å². The minimum atomic E-state index is -0.620. The molecule has 0 bridgehead atoms. The van der Waals surface area contributed by atoms with Crippen LogP contribution in [0.4, 0.5) is 10.5 Å². The Morgan fingerprint density at radius 1 is 1.29 bits per heavy atom. The molecule has 0 atom stereocenters. The number of nitrogens with one attached hydrogen (secondary N) is 1. The molecule has 0 aromatic heterocycles. The molecule has 21 heavy (non-hydrogen) atoms. The monoisotopic (exact) mass is 289 g/mol. The number of hydrogen-bond donors (Lipinski definition) is 1. The van der Waals surface area contributed by atoms with Crippen molar-refractivity contribution in [3.63, 3.8) is 0 Å². The van der Waals surface area contributed by atoms with Crippen LogP contribution in [-0.2, 0) is 9.47 Å². The summed E-state index contributed by atoms with van der Waals surface area (Å²) in [4.78, 5) is 23.5. The van der Waals surface area contributed by atoms with Crippen molar-refractivity contribution in [2.75, 3.05) is 12.4 Å². The van der Waals surface area contributed by atoms with Crippen molar-refractivity contribution in [3.05, 3.63) is 28.8 Å². The van der Waals surface area contributed by atoms with Gasteiger partial charge in [0, 0.05) is 11.3 Å². The van der Waals surface area contributed by atoms with Crippen LogP contribution in [0.25, 0.3) is 0 Å². The molecule has 0 heterocycles. The Balaban J connectivity index is 3.12. The van der Waals surface area contributed by atoms with Gasteiger partial charge in [-0.05, 0) is 45.4 Å². The highest BCUT2D eigenvalue weighted by molar-refractivity contribution is 5.95. The lowest BCUT2D eigenvalue weighted by molar-refractivity contribution is 0.0595. The van der Waals surface area contributed by atoms with Gasteiger partial charge in [0.1, 0.15) is 5.60 Å². The molecule has 112 valence electrons. The summed E-state index contributed by atoms with van der Waals surface area (Å²) in [6.45, 7) is 7.00. The van der Waals surface area contributed by atoms with Gasteiger partial charge in [-0.2, -0.15) is 0 Å². The van der Waals surface area contributed by atoms with Crippen molar-refractivity contribution >= 4 is 17.7 Å². The third-order valence-corrected chi connectivity index (χ3v) is 2.61. The van der Waals surface area contributed by atoms with Crippen LogP contribution in [0.3, 0.4) is 0 Å². The number of hydrogen-bond acceptors (Lipinski definition) is 4. The molecule has 0 aliphatic rings. The predicted octanol–water partition coefficient (Wildman–Crippen LogP) is 3.11. The Morgan fingerprint density at radius 2 is 1.90 bits per heavy atom. The number of methoxy groups -OCH3 is 1. The average Bonchev–Trinajstić information content (AvgIpc) is 2.37. The quantitative estimate of drug-likeness (QED) is 0.671. The summed E-state index contributed by atoms with van der Waals surface area (Å²) in [6, 6.07) is 3.11. The van der Waals surface area contributed by atoms with E-state index < -0.39 is 17.7 Å². The molecule has 0 saturated heterocycles. The number of rotatable bonds is 2. The lowest BCUT2D eigenvalue weighted by Gasteiger charge is -2.20. The van der Waals surface area contributed by atoms with Gasteiger partial charge in [0.25, 0.3) is 0 Å². The van der Waals surface area contributed by atoms with E-state index in [2.05, 4.69) is 11.2 Å². The SMILES string of the molecule is C#Cc1cc(NC(=O)OC(C)(C)C)cc(C(=O)OC)c1C. The fourth-order valence-electron chi connectivity index (χ4n) is 1.68. The lowest BCUT2D eigenvalue weighted by Crippen LogP contribution is -2.27. The molecule has 1 aromatic carbocycles. The molecule has 0 aliphatic heterocycles. The maximum absolute atomic E-state index is 11.8. The zero-order valence-corrected chi connectivity index (χ0v) is 12.9. The number of terminal acetylenes is 1. The summed E-state index contributed by atoms with van der Waals surface area (Å²) >= 11 is 0. The molecular weight excluding hydrogens is 270 g/mol. The van der Waals surface area contributed by atoms with E-state index in [0.29, 0.717) is 22.4 Å². The molecule has 0 fully saturated rings. The van der Waals surface area contributed by atoms with Crippen molar-refractivity contribution in [1.82, 2.24) is 0 Å². The van der Waals surface area contributed by atoms with Gasteiger partial charge in [0.15, 0.2) is 0 Å². The van der Waals surface area contributed by atoms with E-state index in [4.69, 9.17) is 15.9 Å². The highest BCUT2D eigenvalue weighted by Gasteiger charge is 2.18. The molecule has 0 saturated carbocycles. The molecule has 0 radical (unpaired) electrons. The summed E-state index contributed by atoms with van der Waals surface area (Å²) < 4.78 is 9.86. The fraction of sp³-hybridized carbons (Fsp3) is 0.375. The Morgan fingerprint density at radius 3 is 2.38 bits per heavy atom. The molecule has 1 N–H and O–H groups in total. The van der Waals surface area contributed by atoms with E-state index in [1.807, 2.05) is 0 Å². The number of esters is 1. The van der Waals surface area contributed by atoms with Gasteiger partial charge >= 0.3 is 12.1 Å². The van der Waals surface area contributed by atoms with Gasteiger partial charge in [-0.25, -0.2) is 9.59 Å². The Bertz CT molecular complexity index is 606. The van der Waals surface area contributed by atoms with E-state index >= 15 is 0 Å². The maximum Gasteiger partial charge on any atom is 0.412 e. The molecule has 1 rings (SSSR count). The first-order valence-electron chi connectivity index (χ1n) is 6.37. The van der Waals surface area contributed by atoms with Crippen molar-refractivity contribution < 1.29 is 19.1 Å². The zero-order valence-electron chi connectivity index (χ0n) is 12.9. The third-order valence-electron chi connectivity index (χ3n) is 2.61. The molecular formula is C16H19NO4. The minimum Gasteiger partial charge on any atom is -0.465 e. The van der Waals surface area contributed by atoms with Crippen molar-refractivity contribution in [3.8, 4) is 12.3 Å². The van der Waals surface area contributed by atoms with Crippen LogP contribution in [0.2, 0.25) is 0 Å². The van der Waals surface area contributed by atoms with Crippen LogP contribution in [0.15, 0.2) is 12.1 Å². The largest absolute Gasteiger partial charge is 0.465 e. The number of benzene rings is 1. The third kappa shape index (κ3) is 4.53. The van der Waals surface area contributed by atoms with Crippen LogP contribution < -0.4 is 5.32 Å². The topological polar surface area (TPSA) is 64.6 Å². The lowest BCUT2D eigenvalue weighted by atomic mass is 10.0. The molecule has 0 unspecified atom stereocenters. The van der Waals surface area contributed by atoms with Gasteiger partial charge in [-0.1, -0.05) is 5.92 Å². The first-order valence-corrected chi connectivity index (χ1v) is 6.37. The molecule has 0 aliphatic carbocycles. The normalized spacial score (nSPS) is 10.5. The first-order chi connectivity index (χ1) is 9.67. The van der Waals surface area contributed by atoms with Crippen LogP contribution in [0.5, 0.6) is 0 Å². The molecule has 0 spiro atoms. The smallest absolute Gasteiger partial charge is 0.412 e. The summed E-state index contributed by atoms with van der Waals surface area (Å²) in [5, 5.41) is 2.56. The molecule has 5 heteroatoms. The second-order valence-electron chi connectivity index (χ2n) is 5.46. The van der Waals surface area contributed by atoms with Gasteiger partial charge in [-0.15, -0.1) is 6.42 Å². The first kappa shape index (κ1) is 16.6. The van der Waals surface area contributed by atoms with Gasteiger partial charge < -0.3 is 9.47 Å². The minimum absolute atomic E-state index is 0.305. The highest BCUT2D eigenvalue weighted by atomic mass is 16.6. The van der Waals surface area contributed by atoms with E-state index in [1.165, 1.54) is 13.2 Å². The maximum atomic E-state index is 11.8. The van der Waals surface area contributed by atoms with Crippen molar-refractivity contribution in [2.45, 2.75) is 33.3 Å². The summed E-state index contributed by atoms with van der Waals surface area (Å²) in [6.07, 6.45) is 4.80. The second-order valence-corrected chi connectivity index (χ2v) is 5.46. The number of carbonyl (C=O) groups is 2. The number of ether oxygens (including phenoxy) is 2. The number of carbonyl (C=O) groups excluding carboxylic acids is 2. The van der Waals surface area contributed by atoms with Crippen LogP contribution >= 0.6 is 0 Å². The van der Waals surface area contributed by atoms with Crippen molar-refractivity contribution in [1.29, 1.82) is 0 Å². The van der Waals surface area contributed by atoms with Crippen LogP contribution in [0.1, 0.15) is 42.3 Å². The predicted molar refractivity (Wildman–Crippen MR) is 80.3 cm³/mol. The molecule has 1 amide bonds. The summed E-state index contributed by atoms with van der Waals surface area (Å²) in [5.41, 5.74) is 1.19. The Kier molecular flexibility index (Phi) is 4.98. The summed E-state index contributed by atoms with van der Waals surface area (Å²) in [7, 11) is 1.28. The van der Waals surface area contributed by atoms with Gasteiger partial charge in [0.2, 0.25) is 0 Å². The Labute approximate surface area is 124 Å². The highest BCUT2D eigenvalue weighted by Crippen LogP contribution is 2.21. The second kappa shape index (κ2) is 6.31. The van der Waals surface area contributed by atoms with Gasteiger partial charge in [0.05, 0.1) is 12.7 Å². The standard InChI is InChI=1S/C16H19NO4/c1-7-11-8-12(17-15(19)21-16(3,4)5)9-13(10(11)2)14(18)20-6/h1,8-9H,2-6H3,(H,17,19). The van der Waals surface area contributed by atoms with E-state index in [-0.39, 0.29) is 0 Å². The Hall–Kier alpha value is -2.48. The fourth-order valence-corrected chi connectivity index (χ4v) is 1.68.